The summed E-state index contributed by atoms with van der Waals surface area (Å²) in [6.45, 7) is 2.51. The van der Waals surface area contributed by atoms with Crippen LogP contribution in [-0.2, 0) is 19.5 Å². The molecule has 0 atom stereocenters. The second-order valence-electron chi connectivity index (χ2n) is 6.12. The Morgan fingerprint density at radius 1 is 0.600 bits per heavy atom. The first-order chi connectivity index (χ1) is 11.7. The monoisotopic (exact) mass is 432 g/mol. The predicted octanol–water partition coefficient (Wildman–Crippen LogP) is 4.75. The topological polar surface area (TPSA) is 0 Å². The molecule has 126 valence electrons. The molecule has 0 heterocycles. The normalized spacial score (nSPS) is 10.5. The van der Waals surface area contributed by atoms with Gasteiger partial charge in [-0.2, -0.15) is 0 Å². The van der Waals surface area contributed by atoms with Crippen LogP contribution in [0.4, 0.5) is 0 Å². The molecule has 3 aromatic carbocycles. The fourth-order valence-electron chi connectivity index (χ4n) is 2.96. The molecule has 0 nitrogen and oxygen atoms in total. The summed E-state index contributed by atoms with van der Waals surface area (Å²) in [4.78, 5) is 0. The van der Waals surface area contributed by atoms with Crippen LogP contribution in [0.25, 0.3) is 0 Å². The third kappa shape index (κ3) is 4.30. The van der Waals surface area contributed by atoms with E-state index in [-0.39, 0.29) is 19.5 Å². The molecule has 0 bridgehead atoms. The SMILES string of the molecule is CC(C)=CC=P(c1ccccc1)(c1ccccc1)c1ccccc1.[Ru+2]. The average Bonchev–Trinajstić information content (AvgIpc) is 2.65. The van der Waals surface area contributed by atoms with Crippen molar-refractivity contribution >= 4 is 28.6 Å². The molecule has 0 amide bonds. The maximum atomic E-state index is 2.45. The Bertz CT molecular complexity index is 758. The molecule has 25 heavy (non-hydrogen) atoms. The van der Waals surface area contributed by atoms with Crippen molar-refractivity contribution in [2.75, 3.05) is 0 Å². The number of hydrogen-bond donors (Lipinski definition) is 0. The van der Waals surface area contributed by atoms with Gasteiger partial charge in [0.05, 0.1) is 0 Å². The second-order valence-corrected chi connectivity index (χ2v) is 9.42. The van der Waals surface area contributed by atoms with E-state index in [1.807, 2.05) is 0 Å². The van der Waals surface area contributed by atoms with Crippen LogP contribution in [0.15, 0.2) is 103 Å². The number of hydrogen-bond acceptors (Lipinski definition) is 0. The first-order valence-electron chi connectivity index (χ1n) is 8.28. The molecule has 3 aromatic rings. The molecule has 0 aliphatic heterocycles. The summed E-state index contributed by atoms with van der Waals surface area (Å²) in [6.07, 6.45) is 2.28. The van der Waals surface area contributed by atoms with Crippen molar-refractivity contribution in [3.63, 3.8) is 0 Å². The van der Waals surface area contributed by atoms with E-state index in [2.05, 4.69) is 117 Å². The summed E-state index contributed by atoms with van der Waals surface area (Å²) in [6, 6.07) is 32.7. The van der Waals surface area contributed by atoms with Gasteiger partial charge in [-0.3, -0.25) is 0 Å². The van der Waals surface area contributed by atoms with Gasteiger partial charge in [-0.1, -0.05) is 108 Å². The van der Waals surface area contributed by atoms with E-state index in [1.54, 1.807) is 0 Å². The van der Waals surface area contributed by atoms with Crippen LogP contribution >= 0.6 is 6.89 Å². The zero-order chi connectivity index (χ0) is 16.8. The van der Waals surface area contributed by atoms with E-state index in [4.69, 9.17) is 0 Å². The van der Waals surface area contributed by atoms with Crippen LogP contribution in [0.3, 0.4) is 0 Å². The van der Waals surface area contributed by atoms with Crippen molar-refractivity contribution in [3.8, 4) is 0 Å². The van der Waals surface area contributed by atoms with Gasteiger partial charge in [0, 0.05) is 0 Å². The molecule has 0 unspecified atom stereocenters. The van der Waals surface area contributed by atoms with E-state index >= 15 is 0 Å². The molecule has 0 N–H and O–H groups in total. The second kappa shape index (κ2) is 9.14. The molecule has 0 saturated carbocycles. The summed E-state index contributed by atoms with van der Waals surface area (Å²) >= 11 is 0. The average molecular weight is 431 g/mol. The summed E-state index contributed by atoms with van der Waals surface area (Å²) in [5, 5.41) is 4.17. The van der Waals surface area contributed by atoms with Gasteiger partial charge >= 0.3 is 19.5 Å². The maximum Gasteiger partial charge on any atom is 2.00 e. The largest absolute Gasteiger partial charge is 2.00 e. The molecule has 0 spiro atoms. The molecular weight excluding hydrogens is 408 g/mol. The van der Waals surface area contributed by atoms with Gasteiger partial charge in [0.2, 0.25) is 0 Å². The smallest absolute Gasteiger partial charge is 0.0764 e. The quantitative estimate of drug-likeness (QED) is 0.413. The Labute approximate surface area is 164 Å². The molecule has 3 rings (SSSR count). The molecule has 2 heteroatoms. The van der Waals surface area contributed by atoms with E-state index in [1.165, 1.54) is 21.5 Å². The Morgan fingerprint density at radius 2 is 0.920 bits per heavy atom. The summed E-state index contributed by atoms with van der Waals surface area (Å²) in [5.74, 6) is 2.45. The Hall–Kier alpha value is -1.68. The Balaban J connectivity index is 0.00000225. The fraction of sp³-hybridized carbons (Fsp3) is 0.0870. The van der Waals surface area contributed by atoms with Gasteiger partial charge < -0.3 is 0 Å². The van der Waals surface area contributed by atoms with Gasteiger partial charge in [-0.15, -0.1) is 0 Å². The van der Waals surface area contributed by atoms with Crippen LogP contribution in [0.1, 0.15) is 13.8 Å². The Morgan fingerprint density at radius 3 is 1.20 bits per heavy atom. The summed E-state index contributed by atoms with van der Waals surface area (Å²) < 4.78 is 0. The molecule has 0 saturated heterocycles. The molecule has 0 radical (unpaired) electrons. The molecule has 0 aromatic heterocycles. The summed E-state index contributed by atoms with van der Waals surface area (Å²) in [7, 11) is 0. The molecule has 0 aliphatic carbocycles. The van der Waals surface area contributed by atoms with Crippen molar-refractivity contribution in [3.05, 3.63) is 103 Å². The van der Waals surface area contributed by atoms with Gasteiger partial charge in [-0.05, 0) is 36.6 Å². The van der Waals surface area contributed by atoms with E-state index < -0.39 is 6.89 Å². The van der Waals surface area contributed by atoms with Gasteiger partial charge in [0.15, 0.2) is 0 Å². The van der Waals surface area contributed by atoms with Crippen LogP contribution in [0, 0.1) is 0 Å². The first-order valence-corrected chi connectivity index (χ1v) is 10.1. The molecule has 0 fully saturated rings. The predicted molar refractivity (Wildman–Crippen MR) is 111 cm³/mol. The summed E-state index contributed by atoms with van der Waals surface area (Å²) in [5.41, 5.74) is 1.32. The van der Waals surface area contributed by atoms with Crippen molar-refractivity contribution in [2.45, 2.75) is 13.8 Å². The van der Waals surface area contributed by atoms with Gasteiger partial charge in [0.25, 0.3) is 0 Å². The van der Waals surface area contributed by atoms with Crippen LogP contribution in [-0.4, -0.2) is 5.80 Å². The van der Waals surface area contributed by atoms with E-state index in [9.17, 15) is 0 Å². The van der Waals surface area contributed by atoms with Crippen molar-refractivity contribution in [2.24, 2.45) is 0 Å². The van der Waals surface area contributed by atoms with Crippen molar-refractivity contribution in [1.82, 2.24) is 0 Å². The zero-order valence-electron chi connectivity index (χ0n) is 14.6. The minimum Gasteiger partial charge on any atom is -0.0764 e. The number of rotatable bonds is 4. The minimum absolute atomic E-state index is 0. The van der Waals surface area contributed by atoms with E-state index in [0.29, 0.717) is 0 Å². The van der Waals surface area contributed by atoms with Crippen LogP contribution in [0.2, 0.25) is 0 Å². The maximum absolute atomic E-state index is 2.45. The van der Waals surface area contributed by atoms with Crippen LogP contribution in [0.5, 0.6) is 0 Å². The van der Waals surface area contributed by atoms with E-state index in [0.717, 1.165) is 0 Å². The minimum atomic E-state index is -1.81. The molecule has 0 aliphatic rings. The van der Waals surface area contributed by atoms with Crippen molar-refractivity contribution < 1.29 is 19.5 Å². The first kappa shape index (κ1) is 19.6. The Kier molecular flexibility index (Phi) is 7.18. The third-order valence-electron chi connectivity index (χ3n) is 4.12. The number of allylic oxidation sites excluding steroid dienone is 2. The zero-order valence-corrected chi connectivity index (χ0v) is 17.2. The van der Waals surface area contributed by atoms with Crippen molar-refractivity contribution in [1.29, 1.82) is 0 Å². The van der Waals surface area contributed by atoms with Gasteiger partial charge in [-0.25, -0.2) is 0 Å². The third-order valence-corrected chi connectivity index (χ3v) is 8.06. The fourth-order valence-corrected chi connectivity index (χ4v) is 6.82. The standard InChI is InChI=1S/C23H23P.Ru/c1-20(2)18-19-24(21-12-6-3-7-13-21,22-14-8-4-9-15-22)23-16-10-5-11-17-23;/h3-19H,1-2H3;/q;+2. The van der Waals surface area contributed by atoms with Crippen LogP contribution < -0.4 is 15.9 Å². The molecular formula is C23H23PRu+2. The number of benzene rings is 3. The van der Waals surface area contributed by atoms with Gasteiger partial charge in [0.1, 0.15) is 0 Å².